The molecule has 2 saturated carbocycles. The first-order chi connectivity index (χ1) is 8.60. The largest absolute Gasteiger partial charge is 0.386 e. The molecule has 2 aliphatic carbocycles. The quantitative estimate of drug-likeness (QED) is 0.769. The summed E-state index contributed by atoms with van der Waals surface area (Å²) in [4.78, 5) is 0. The van der Waals surface area contributed by atoms with E-state index in [1.165, 1.54) is 12.8 Å². The maximum absolute atomic E-state index is 12.3. The summed E-state index contributed by atoms with van der Waals surface area (Å²) >= 11 is 0. The summed E-state index contributed by atoms with van der Waals surface area (Å²) in [7, 11) is 0. The van der Waals surface area contributed by atoms with Gasteiger partial charge in [-0.15, -0.1) is 0 Å². The Labute approximate surface area is 107 Å². The minimum absolute atomic E-state index is 0.0249. The summed E-state index contributed by atoms with van der Waals surface area (Å²) in [5.41, 5.74) is 0.137. The van der Waals surface area contributed by atoms with E-state index in [1.807, 2.05) is 6.92 Å². The van der Waals surface area contributed by atoms with Crippen LogP contribution in [0.1, 0.15) is 39.0 Å². The van der Waals surface area contributed by atoms with Gasteiger partial charge in [0.15, 0.2) is 0 Å². The van der Waals surface area contributed by atoms with E-state index in [9.17, 15) is 8.78 Å². The van der Waals surface area contributed by atoms with Crippen LogP contribution in [0.15, 0.2) is 0 Å². The highest BCUT2D eigenvalue weighted by Gasteiger charge is 2.56. The van der Waals surface area contributed by atoms with Gasteiger partial charge in [-0.25, -0.2) is 8.78 Å². The third-order valence-electron chi connectivity index (χ3n) is 4.55. The highest BCUT2D eigenvalue weighted by molar-refractivity contribution is 5.10. The fourth-order valence-corrected chi connectivity index (χ4v) is 3.52. The van der Waals surface area contributed by atoms with Crippen LogP contribution < -0.4 is 5.32 Å². The zero-order chi connectivity index (χ0) is 13.2. The summed E-state index contributed by atoms with van der Waals surface area (Å²) in [6.07, 6.45) is 1.53. The molecule has 0 aliphatic heterocycles. The van der Waals surface area contributed by atoms with Gasteiger partial charge in [-0.05, 0) is 26.2 Å². The number of hydrogen-bond acceptors (Lipinski definition) is 3. The Morgan fingerprint density at radius 2 is 2.06 bits per heavy atom. The minimum Gasteiger partial charge on any atom is -0.386 e. The van der Waals surface area contributed by atoms with Gasteiger partial charge < -0.3 is 15.2 Å². The summed E-state index contributed by atoms with van der Waals surface area (Å²) < 4.78 is 30.3. The maximum Gasteiger partial charge on any atom is 0.265 e. The smallest absolute Gasteiger partial charge is 0.265 e. The Hall–Kier alpha value is -0.260. The first-order valence-corrected chi connectivity index (χ1v) is 6.91. The van der Waals surface area contributed by atoms with E-state index >= 15 is 0 Å². The van der Waals surface area contributed by atoms with Crippen molar-refractivity contribution in [3.63, 3.8) is 0 Å². The molecule has 106 valence electrons. The molecule has 2 N–H and O–H groups in total. The van der Waals surface area contributed by atoms with Crippen LogP contribution in [0.2, 0.25) is 0 Å². The first-order valence-electron chi connectivity index (χ1n) is 6.91. The number of alkyl halides is 2. The van der Waals surface area contributed by atoms with Crippen molar-refractivity contribution in [2.45, 2.75) is 63.7 Å². The van der Waals surface area contributed by atoms with Gasteiger partial charge in [-0.2, -0.15) is 0 Å². The molecule has 0 saturated heterocycles. The third-order valence-corrected chi connectivity index (χ3v) is 4.55. The van der Waals surface area contributed by atoms with Crippen LogP contribution in [0.25, 0.3) is 0 Å². The molecular formula is C13H23F2NO2. The topological polar surface area (TPSA) is 41.5 Å². The number of rotatable bonds is 6. The Morgan fingerprint density at radius 1 is 1.39 bits per heavy atom. The molecule has 1 spiro atoms. The van der Waals surface area contributed by atoms with E-state index in [-0.39, 0.29) is 24.1 Å². The second kappa shape index (κ2) is 5.80. The molecule has 0 aromatic heterocycles. The van der Waals surface area contributed by atoms with Crippen molar-refractivity contribution < 1.29 is 18.6 Å². The highest BCUT2D eigenvalue weighted by atomic mass is 19.3. The molecule has 0 radical (unpaired) electrons. The lowest BCUT2D eigenvalue weighted by Gasteiger charge is -2.54. The maximum atomic E-state index is 12.3. The van der Waals surface area contributed by atoms with Crippen molar-refractivity contribution in [2.24, 2.45) is 5.41 Å². The normalized spacial score (nSPS) is 31.8. The lowest BCUT2D eigenvalue weighted by Crippen LogP contribution is -2.63. The molecule has 0 aromatic rings. The highest BCUT2D eigenvalue weighted by Crippen LogP contribution is 2.54. The molecule has 0 bridgehead atoms. The van der Waals surface area contributed by atoms with Gasteiger partial charge in [0.2, 0.25) is 0 Å². The SMILES string of the molecule is CCOC1CC(NCC(O)C(F)F)C12CCCC2. The fraction of sp³-hybridized carbons (Fsp3) is 1.00. The first kappa shape index (κ1) is 14.2. The standard InChI is InChI=1S/C13H23F2NO2/c1-2-18-11-7-10(13(11)5-3-4-6-13)16-8-9(17)12(14)15/h9-12,16-17H,2-8H2,1H3. The number of aliphatic hydroxyl groups is 1. The average Bonchev–Trinajstić information content (AvgIpc) is 2.84. The van der Waals surface area contributed by atoms with Gasteiger partial charge in [-0.3, -0.25) is 0 Å². The van der Waals surface area contributed by atoms with E-state index in [2.05, 4.69) is 5.32 Å². The van der Waals surface area contributed by atoms with Crippen LogP contribution >= 0.6 is 0 Å². The Balaban J connectivity index is 1.86. The Kier molecular flexibility index (Phi) is 4.56. The monoisotopic (exact) mass is 263 g/mol. The summed E-state index contributed by atoms with van der Waals surface area (Å²) in [6, 6.07) is 0.227. The molecule has 2 aliphatic rings. The van der Waals surface area contributed by atoms with Crippen molar-refractivity contribution in [2.75, 3.05) is 13.2 Å². The van der Waals surface area contributed by atoms with Crippen LogP contribution in [-0.2, 0) is 4.74 Å². The van der Waals surface area contributed by atoms with Gasteiger partial charge in [0.05, 0.1) is 6.10 Å². The van der Waals surface area contributed by atoms with Crippen LogP contribution in [0.4, 0.5) is 8.78 Å². The molecule has 2 rings (SSSR count). The van der Waals surface area contributed by atoms with Crippen molar-refractivity contribution in [3.8, 4) is 0 Å². The van der Waals surface area contributed by atoms with Crippen molar-refractivity contribution in [3.05, 3.63) is 0 Å². The second-order valence-electron chi connectivity index (χ2n) is 5.48. The Bertz CT molecular complexity index is 270. The summed E-state index contributed by atoms with van der Waals surface area (Å²) in [5.74, 6) is 0. The van der Waals surface area contributed by atoms with E-state index < -0.39 is 12.5 Å². The number of ether oxygens (including phenoxy) is 1. The van der Waals surface area contributed by atoms with Gasteiger partial charge in [0, 0.05) is 24.6 Å². The van der Waals surface area contributed by atoms with Crippen LogP contribution in [0.5, 0.6) is 0 Å². The fourth-order valence-electron chi connectivity index (χ4n) is 3.52. The zero-order valence-electron chi connectivity index (χ0n) is 10.9. The second-order valence-corrected chi connectivity index (χ2v) is 5.48. The van der Waals surface area contributed by atoms with Crippen LogP contribution in [0.3, 0.4) is 0 Å². The third kappa shape index (κ3) is 2.53. The van der Waals surface area contributed by atoms with Crippen molar-refractivity contribution in [1.82, 2.24) is 5.32 Å². The predicted octanol–water partition coefficient (Wildman–Crippen LogP) is 1.94. The van der Waals surface area contributed by atoms with E-state index in [4.69, 9.17) is 9.84 Å². The van der Waals surface area contributed by atoms with Crippen molar-refractivity contribution >= 4 is 0 Å². The van der Waals surface area contributed by atoms with Crippen LogP contribution in [-0.4, -0.2) is 42.9 Å². The van der Waals surface area contributed by atoms with Crippen molar-refractivity contribution in [1.29, 1.82) is 0 Å². The van der Waals surface area contributed by atoms with Gasteiger partial charge >= 0.3 is 0 Å². The lowest BCUT2D eigenvalue weighted by atomic mass is 9.60. The van der Waals surface area contributed by atoms with Gasteiger partial charge in [-0.1, -0.05) is 12.8 Å². The molecule has 5 heteroatoms. The molecular weight excluding hydrogens is 240 g/mol. The molecule has 0 aromatic carbocycles. The van der Waals surface area contributed by atoms with E-state index in [0.29, 0.717) is 6.61 Å². The average molecular weight is 263 g/mol. The molecule has 3 atom stereocenters. The summed E-state index contributed by atoms with van der Waals surface area (Å²) in [5, 5.41) is 12.3. The molecule has 18 heavy (non-hydrogen) atoms. The summed E-state index contributed by atoms with van der Waals surface area (Å²) in [6.45, 7) is 2.67. The van der Waals surface area contributed by atoms with E-state index in [1.54, 1.807) is 0 Å². The zero-order valence-corrected chi connectivity index (χ0v) is 10.9. The molecule has 3 nitrogen and oxygen atoms in total. The number of aliphatic hydroxyl groups excluding tert-OH is 1. The molecule has 0 heterocycles. The minimum atomic E-state index is -2.67. The van der Waals surface area contributed by atoms with E-state index in [0.717, 1.165) is 19.3 Å². The lowest BCUT2D eigenvalue weighted by molar-refractivity contribution is -0.133. The van der Waals surface area contributed by atoms with Crippen LogP contribution in [0, 0.1) is 5.41 Å². The van der Waals surface area contributed by atoms with Gasteiger partial charge in [0.25, 0.3) is 6.43 Å². The molecule has 2 fully saturated rings. The molecule has 0 amide bonds. The Morgan fingerprint density at radius 3 is 2.61 bits per heavy atom. The predicted molar refractivity (Wildman–Crippen MR) is 64.7 cm³/mol. The number of hydrogen-bond donors (Lipinski definition) is 2. The molecule has 3 unspecified atom stereocenters. The number of nitrogens with one attached hydrogen (secondary N) is 1. The number of halogens is 2. The van der Waals surface area contributed by atoms with Gasteiger partial charge in [0.1, 0.15) is 6.10 Å².